The highest BCUT2D eigenvalue weighted by Gasteiger charge is 2.26. The van der Waals surface area contributed by atoms with Gasteiger partial charge in [0.05, 0.1) is 18.1 Å². The Morgan fingerprint density at radius 1 is 0.938 bits per heavy atom. The fraction of sp³-hybridized carbons (Fsp3) is 0.240. The van der Waals surface area contributed by atoms with Crippen molar-refractivity contribution in [2.24, 2.45) is 0 Å². The molecule has 1 heterocycles. The maximum absolute atomic E-state index is 12.9. The molecule has 32 heavy (non-hydrogen) atoms. The van der Waals surface area contributed by atoms with Crippen LogP contribution in [-0.4, -0.2) is 44.9 Å². The average Bonchev–Trinajstić information content (AvgIpc) is 2.83. The second-order valence-corrected chi connectivity index (χ2v) is 9.73. The van der Waals surface area contributed by atoms with Crippen molar-refractivity contribution in [3.63, 3.8) is 0 Å². The van der Waals surface area contributed by atoms with Crippen molar-refractivity contribution >= 4 is 15.9 Å². The molecule has 1 N–H and O–H groups in total. The minimum atomic E-state index is -3.65. The summed E-state index contributed by atoms with van der Waals surface area (Å²) in [7, 11) is -3.65. The summed E-state index contributed by atoms with van der Waals surface area (Å²) in [5.74, 6) is -0.315. The lowest BCUT2D eigenvalue weighted by Crippen LogP contribution is -2.40. The molecule has 3 aromatic carbocycles. The number of ether oxygens (including phenoxy) is 1. The van der Waals surface area contributed by atoms with Gasteiger partial charge >= 0.3 is 0 Å². The van der Waals surface area contributed by atoms with E-state index in [0.717, 1.165) is 16.7 Å². The molecule has 0 saturated carbocycles. The second kappa shape index (κ2) is 9.65. The van der Waals surface area contributed by atoms with Crippen LogP contribution in [0.3, 0.4) is 0 Å². The zero-order valence-electron chi connectivity index (χ0n) is 18.0. The lowest BCUT2D eigenvalue weighted by molar-refractivity contribution is 0.0730. The van der Waals surface area contributed by atoms with Gasteiger partial charge in [0, 0.05) is 25.2 Å². The van der Waals surface area contributed by atoms with Gasteiger partial charge in [-0.25, -0.2) is 8.42 Å². The molecule has 1 aliphatic rings. The first-order valence-corrected chi connectivity index (χ1v) is 12.0. The monoisotopic (exact) mass is 450 g/mol. The van der Waals surface area contributed by atoms with Crippen LogP contribution in [0, 0.1) is 6.92 Å². The molecular weight excluding hydrogens is 424 g/mol. The predicted octanol–water partition coefficient (Wildman–Crippen LogP) is 3.61. The highest BCUT2D eigenvalue weighted by molar-refractivity contribution is 7.89. The largest absolute Gasteiger partial charge is 0.379 e. The van der Waals surface area contributed by atoms with E-state index < -0.39 is 10.0 Å². The molecule has 3 aromatic rings. The molecule has 0 unspecified atom stereocenters. The first-order valence-electron chi connectivity index (χ1n) is 10.6. The SMILES string of the molecule is Cc1cccc(-c2cccc(CNC(=O)c3cccc(S(=O)(=O)N4CCOCC4)c3)c2)c1. The summed E-state index contributed by atoms with van der Waals surface area (Å²) in [6.45, 7) is 3.79. The van der Waals surface area contributed by atoms with Gasteiger partial charge in [-0.3, -0.25) is 4.79 Å². The molecule has 0 aliphatic carbocycles. The molecule has 0 atom stereocenters. The molecule has 1 fully saturated rings. The fourth-order valence-corrected chi connectivity index (χ4v) is 5.16. The summed E-state index contributed by atoms with van der Waals surface area (Å²) < 4.78 is 32.4. The van der Waals surface area contributed by atoms with E-state index in [1.807, 2.05) is 30.3 Å². The maximum Gasteiger partial charge on any atom is 0.251 e. The molecule has 0 aromatic heterocycles. The molecule has 0 spiro atoms. The van der Waals surface area contributed by atoms with Crippen molar-refractivity contribution in [3.05, 3.63) is 89.5 Å². The Bertz CT molecular complexity index is 1220. The third-order valence-electron chi connectivity index (χ3n) is 5.44. The lowest BCUT2D eigenvalue weighted by atomic mass is 10.0. The van der Waals surface area contributed by atoms with Crippen LogP contribution in [0.1, 0.15) is 21.5 Å². The number of hydrogen-bond donors (Lipinski definition) is 1. The van der Waals surface area contributed by atoms with E-state index in [1.54, 1.807) is 12.1 Å². The van der Waals surface area contributed by atoms with E-state index in [2.05, 4.69) is 30.4 Å². The number of sulfonamides is 1. The summed E-state index contributed by atoms with van der Waals surface area (Å²) in [5.41, 5.74) is 4.68. The molecule has 4 rings (SSSR count). The number of hydrogen-bond acceptors (Lipinski definition) is 4. The van der Waals surface area contributed by atoms with E-state index in [1.165, 1.54) is 22.0 Å². The number of rotatable bonds is 6. The van der Waals surface area contributed by atoms with Gasteiger partial charge < -0.3 is 10.1 Å². The van der Waals surface area contributed by atoms with E-state index in [0.29, 0.717) is 38.4 Å². The Balaban J connectivity index is 1.46. The second-order valence-electron chi connectivity index (χ2n) is 7.80. The average molecular weight is 451 g/mol. The van der Waals surface area contributed by atoms with Gasteiger partial charge in [0.15, 0.2) is 0 Å². The van der Waals surface area contributed by atoms with E-state index in [-0.39, 0.29) is 10.8 Å². The summed E-state index contributed by atoms with van der Waals surface area (Å²) in [5, 5.41) is 2.90. The van der Waals surface area contributed by atoms with Gasteiger partial charge in [0.1, 0.15) is 0 Å². The third kappa shape index (κ3) is 5.07. The highest BCUT2D eigenvalue weighted by atomic mass is 32.2. The summed E-state index contributed by atoms with van der Waals surface area (Å²) in [6, 6.07) is 22.5. The van der Waals surface area contributed by atoms with Crippen LogP contribution in [0.15, 0.2) is 77.7 Å². The molecular formula is C25H26N2O4S. The van der Waals surface area contributed by atoms with Gasteiger partial charge in [-0.2, -0.15) is 4.31 Å². The number of benzene rings is 3. The highest BCUT2D eigenvalue weighted by Crippen LogP contribution is 2.22. The normalized spacial score (nSPS) is 14.8. The Labute approximate surface area is 188 Å². The Morgan fingerprint density at radius 2 is 1.62 bits per heavy atom. The minimum Gasteiger partial charge on any atom is -0.379 e. The molecule has 1 amide bonds. The van der Waals surface area contributed by atoms with Crippen LogP contribution in [0.4, 0.5) is 0 Å². The van der Waals surface area contributed by atoms with E-state index >= 15 is 0 Å². The molecule has 166 valence electrons. The van der Waals surface area contributed by atoms with Crippen molar-refractivity contribution in [1.29, 1.82) is 0 Å². The van der Waals surface area contributed by atoms with E-state index in [9.17, 15) is 13.2 Å². The number of aryl methyl sites for hydroxylation is 1. The van der Waals surface area contributed by atoms with Gasteiger partial charge in [-0.1, -0.05) is 54.1 Å². The smallest absolute Gasteiger partial charge is 0.251 e. The lowest BCUT2D eigenvalue weighted by Gasteiger charge is -2.26. The van der Waals surface area contributed by atoms with Crippen molar-refractivity contribution in [2.45, 2.75) is 18.4 Å². The topological polar surface area (TPSA) is 75.7 Å². The van der Waals surface area contributed by atoms with Gasteiger partial charge in [0.25, 0.3) is 5.91 Å². The Kier molecular flexibility index (Phi) is 6.69. The standard InChI is InChI=1S/C25H26N2O4S/c1-19-5-2-7-21(15-19)22-8-3-6-20(16-22)18-26-25(28)23-9-4-10-24(17-23)32(29,30)27-11-13-31-14-12-27/h2-10,15-17H,11-14,18H2,1H3,(H,26,28). The van der Waals surface area contributed by atoms with Crippen molar-refractivity contribution in [2.75, 3.05) is 26.3 Å². The Morgan fingerprint density at radius 3 is 2.38 bits per heavy atom. The minimum absolute atomic E-state index is 0.119. The number of amides is 1. The van der Waals surface area contributed by atoms with Crippen LogP contribution in [-0.2, 0) is 21.3 Å². The fourth-order valence-electron chi connectivity index (χ4n) is 3.70. The van der Waals surface area contributed by atoms with Crippen molar-refractivity contribution in [3.8, 4) is 11.1 Å². The molecule has 1 aliphatic heterocycles. The quantitative estimate of drug-likeness (QED) is 0.623. The first-order chi connectivity index (χ1) is 15.4. The number of carbonyl (C=O) groups excluding carboxylic acids is 1. The van der Waals surface area contributed by atoms with Crippen LogP contribution >= 0.6 is 0 Å². The summed E-state index contributed by atoms with van der Waals surface area (Å²) in [6.07, 6.45) is 0. The summed E-state index contributed by atoms with van der Waals surface area (Å²) >= 11 is 0. The van der Waals surface area contributed by atoms with Crippen LogP contribution in [0.25, 0.3) is 11.1 Å². The zero-order valence-corrected chi connectivity index (χ0v) is 18.8. The van der Waals surface area contributed by atoms with Crippen molar-refractivity contribution in [1.82, 2.24) is 9.62 Å². The molecule has 6 nitrogen and oxygen atoms in total. The molecule has 0 bridgehead atoms. The molecule has 7 heteroatoms. The number of nitrogens with one attached hydrogen (secondary N) is 1. The number of morpholine rings is 1. The summed E-state index contributed by atoms with van der Waals surface area (Å²) in [4.78, 5) is 12.9. The van der Waals surface area contributed by atoms with Crippen LogP contribution in [0.2, 0.25) is 0 Å². The predicted molar refractivity (Wildman–Crippen MR) is 124 cm³/mol. The van der Waals surface area contributed by atoms with Crippen LogP contribution < -0.4 is 5.32 Å². The molecule has 1 saturated heterocycles. The number of carbonyl (C=O) groups is 1. The van der Waals surface area contributed by atoms with Crippen LogP contribution in [0.5, 0.6) is 0 Å². The number of nitrogens with zero attached hydrogens (tertiary/aromatic N) is 1. The third-order valence-corrected chi connectivity index (χ3v) is 7.33. The van der Waals surface area contributed by atoms with E-state index in [4.69, 9.17) is 4.74 Å². The Hall–Kier alpha value is -3.00. The van der Waals surface area contributed by atoms with Gasteiger partial charge in [-0.05, 0) is 47.9 Å². The zero-order chi connectivity index (χ0) is 22.6. The first kappa shape index (κ1) is 22.2. The van der Waals surface area contributed by atoms with Gasteiger partial charge in [-0.15, -0.1) is 0 Å². The molecule has 0 radical (unpaired) electrons. The van der Waals surface area contributed by atoms with Crippen molar-refractivity contribution < 1.29 is 17.9 Å². The maximum atomic E-state index is 12.9. The van der Waals surface area contributed by atoms with Gasteiger partial charge in [0.2, 0.25) is 10.0 Å².